The van der Waals surface area contributed by atoms with Crippen LogP contribution in [0.15, 0.2) is 83.8 Å². The van der Waals surface area contributed by atoms with Crippen LogP contribution in [0.5, 0.6) is 11.5 Å². The summed E-state index contributed by atoms with van der Waals surface area (Å²) in [5.41, 5.74) is 1.57. The molecule has 0 aliphatic carbocycles. The SMILES string of the molecule is CCOc1cc(/C=C2\SC(=O)N(Cc3cccc4ccccc34)C2=O)cc(Cl)c1OC(=O)c1ccccc1Cl. The highest BCUT2D eigenvalue weighted by atomic mass is 35.5. The first-order chi connectivity index (χ1) is 18.9. The normalized spacial score (nSPS) is 14.3. The number of rotatable bonds is 7. The van der Waals surface area contributed by atoms with E-state index in [2.05, 4.69) is 0 Å². The second kappa shape index (κ2) is 11.5. The topological polar surface area (TPSA) is 72.9 Å². The van der Waals surface area contributed by atoms with Gasteiger partial charge in [0.05, 0.1) is 33.7 Å². The van der Waals surface area contributed by atoms with Crippen molar-refractivity contribution in [1.29, 1.82) is 0 Å². The van der Waals surface area contributed by atoms with Gasteiger partial charge < -0.3 is 9.47 Å². The van der Waals surface area contributed by atoms with Gasteiger partial charge in [0.25, 0.3) is 11.1 Å². The van der Waals surface area contributed by atoms with Crippen molar-refractivity contribution in [2.75, 3.05) is 6.61 Å². The molecule has 1 fully saturated rings. The molecule has 6 nitrogen and oxygen atoms in total. The minimum Gasteiger partial charge on any atom is -0.490 e. The Morgan fingerprint density at radius 1 is 0.949 bits per heavy atom. The molecule has 1 aliphatic heterocycles. The molecule has 4 aromatic rings. The molecular formula is C30H21Cl2NO5S. The van der Waals surface area contributed by atoms with Crippen LogP contribution in [0.25, 0.3) is 16.8 Å². The third-order valence-electron chi connectivity index (χ3n) is 6.00. The summed E-state index contributed by atoms with van der Waals surface area (Å²) in [5.74, 6) is -0.844. The van der Waals surface area contributed by atoms with Crippen molar-refractivity contribution in [2.24, 2.45) is 0 Å². The van der Waals surface area contributed by atoms with Crippen molar-refractivity contribution in [3.8, 4) is 11.5 Å². The molecule has 2 amide bonds. The molecule has 5 rings (SSSR count). The first-order valence-corrected chi connectivity index (χ1v) is 13.6. The van der Waals surface area contributed by atoms with Crippen molar-refractivity contribution >= 4 is 68.9 Å². The third kappa shape index (κ3) is 5.66. The van der Waals surface area contributed by atoms with Gasteiger partial charge in [-0.2, -0.15) is 0 Å². The van der Waals surface area contributed by atoms with Crippen LogP contribution in [-0.4, -0.2) is 28.6 Å². The quantitative estimate of drug-likeness (QED) is 0.126. The number of halogens is 2. The summed E-state index contributed by atoms with van der Waals surface area (Å²) in [4.78, 5) is 40.2. The van der Waals surface area contributed by atoms with Gasteiger partial charge >= 0.3 is 5.97 Å². The number of ether oxygens (including phenoxy) is 2. The fourth-order valence-electron chi connectivity index (χ4n) is 4.20. The van der Waals surface area contributed by atoms with Crippen LogP contribution in [-0.2, 0) is 11.3 Å². The Morgan fingerprint density at radius 3 is 2.49 bits per heavy atom. The number of carbonyl (C=O) groups is 3. The highest BCUT2D eigenvalue weighted by Gasteiger charge is 2.35. The molecule has 1 saturated heterocycles. The van der Waals surface area contributed by atoms with Gasteiger partial charge in [-0.3, -0.25) is 14.5 Å². The molecule has 9 heteroatoms. The number of hydrogen-bond acceptors (Lipinski definition) is 6. The second-order valence-corrected chi connectivity index (χ2v) is 10.3. The maximum Gasteiger partial charge on any atom is 0.345 e. The van der Waals surface area contributed by atoms with Crippen LogP contribution in [0.1, 0.15) is 28.4 Å². The predicted molar refractivity (Wildman–Crippen MR) is 154 cm³/mol. The molecule has 4 aromatic carbocycles. The molecule has 0 saturated carbocycles. The molecule has 0 unspecified atom stereocenters. The highest BCUT2D eigenvalue weighted by molar-refractivity contribution is 8.18. The average molecular weight is 578 g/mol. The van der Waals surface area contributed by atoms with E-state index in [1.165, 1.54) is 11.0 Å². The van der Waals surface area contributed by atoms with E-state index in [1.54, 1.807) is 43.3 Å². The zero-order valence-corrected chi connectivity index (χ0v) is 23.0. The van der Waals surface area contributed by atoms with Crippen LogP contribution in [0, 0.1) is 0 Å². The number of esters is 1. The molecule has 39 heavy (non-hydrogen) atoms. The fraction of sp³-hybridized carbons (Fsp3) is 0.100. The first-order valence-electron chi connectivity index (χ1n) is 12.0. The van der Waals surface area contributed by atoms with Crippen LogP contribution in [0.2, 0.25) is 10.0 Å². The summed E-state index contributed by atoms with van der Waals surface area (Å²) in [5, 5.41) is 2.00. The Morgan fingerprint density at radius 2 is 1.69 bits per heavy atom. The molecule has 0 spiro atoms. The van der Waals surface area contributed by atoms with Gasteiger partial charge in [0, 0.05) is 0 Å². The lowest BCUT2D eigenvalue weighted by atomic mass is 10.0. The van der Waals surface area contributed by atoms with Crippen molar-refractivity contribution in [3.63, 3.8) is 0 Å². The summed E-state index contributed by atoms with van der Waals surface area (Å²) in [7, 11) is 0. The Balaban J connectivity index is 1.41. The van der Waals surface area contributed by atoms with Gasteiger partial charge in [0.1, 0.15) is 0 Å². The summed E-state index contributed by atoms with van der Waals surface area (Å²) >= 11 is 13.5. The van der Waals surface area contributed by atoms with E-state index in [-0.39, 0.29) is 50.4 Å². The van der Waals surface area contributed by atoms with Crippen LogP contribution < -0.4 is 9.47 Å². The number of thioether (sulfide) groups is 1. The second-order valence-electron chi connectivity index (χ2n) is 8.54. The fourth-order valence-corrected chi connectivity index (χ4v) is 5.50. The van der Waals surface area contributed by atoms with Crippen molar-refractivity contribution in [1.82, 2.24) is 4.90 Å². The molecular weight excluding hydrogens is 557 g/mol. The number of fused-ring (bicyclic) bond motifs is 1. The Labute approximate surface area is 239 Å². The van der Waals surface area contributed by atoms with E-state index in [4.69, 9.17) is 32.7 Å². The van der Waals surface area contributed by atoms with E-state index < -0.39 is 11.9 Å². The average Bonchev–Trinajstić information content (AvgIpc) is 3.18. The summed E-state index contributed by atoms with van der Waals surface area (Å²) in [6.07, 6.45) is 1.57. The molecule has 0 N–H and O–H groups in total. The molecule has 0 radical (unpaired) electrons. The van der Waals surface area contributed by atoms with Crippen molar-refractivity contribution in [3.05, 3.63) is 111 Å². The van der Waals surface area contributed by atoms with E-state index >= 15 is 0 Å². The number of nitrogens with zero attached hydrogens (tertiary/aromatic N) is 1. The minimum absolute atomic E-state index is 0.0321. The van der Waals surface area contributed by atoms with Gasteiger partial charge in [-0.05, 0) is 70.9 Å². The number of imide groups is 1. The number of benzene rings is 4. The number of carbonyl (C=O) groups excluding carboxylic acids is 3. The first kappa shape index (κ1) is 26.8. The zero-order chi connectivity index (χ0) is 27.5. The highest BCUT2D eigenvalue weighted by Crippen LogP contribution is 2.40. The molecule has 0 aromatic heterocycles. The molecule has 1 heterocycles. The Kier molecular flexibility index (Phi) is 7.93. The van der Waals surface area contributed by atoms with Crippen LogP contribution in [0.3, 0.4) is 0 Å². The van der Waals surface area contributed by atoms with Crippen molar-refractivity contribution in [2.45, 2.75) is 13.5 Å². The lowest BCUT2D eigenvalue weighted by Crippen LogP contribution is -2.27. The van der Waals surface area contributed by atoms with E-state index in [1.807, 2.05) is 42.5 Å². The maximum atomic E-state index is 13.2. The smallest absolute Gasteiger partial charge is 0.345 e. The van der Waals surface area contributed by atoms with E-state index in [0.717, 1.165) is 28.1 Å². The monoisotopic (exact) mass is 577 g/mol. The van der Waals surface area contributed by atoms with Gasteiger partial charge in [0.2, 0.25) is 0 Å². The predicted octanol–water partition coefficient (Wildman–Crippen LogP) is 8.00. The Hall–Kier alpha value is -3.78. The van der Waals surface area contributed by atoms with E-state index in [9.17, 15) is 14.4 Å². The molecule has 1 aliphatic rings. The lowest BCUT2D eigenvalue weighted by Gasteiger charge is -2.15. The number of hydrogen-bond donors (Lipinski definition) is 0. The Bertz CT molecular complexity index is 1650. The molecule has 0 atom stereocenters. The number of amides is 2. The van der Waals surface area contributed by atoms with Crippen molar-refractivity contribution < 1.29 is 23.9 Å². The maximum absolute atomic E-state index is 13.2. The van der Waals surface area contributed by atoms with Gasteiger partial charge in [-0.15, -0.1) is 0 Å². The van der Waals surface area contributed by atoms with Gasteiger partial charge in [-0.25, -0.2) is 4.79 Å². The zero-order valence-electron chi connectivity index (χ0n) is 20.6. The third-order valence-corrected chi connectivity index (χ3v) is 7.52. The van der Waals surface area contributed by atoms with Gasteiger partial charge in [-0.1, -0.05) is 77.8 Å². The molecule has 196 valence electrons. The summed E-state index contributed by atoms with van der Waals surface area (Å²) in [6, 6.07) is 23.3. The van der Waals surface area contributed by atoms with Gasteiger partial charge in [0.15, 0.2) is 11.5 Å². The summed E-state index contributed by atoms with van der Waals surface area (Å²) < 4.78 is 11.2. The lowest BCUT2D eigenvalue weighted by molar-refractivity contribution is -0.123. The standard InChI is InChI=1S/C30H21Cl2NO5S/c1-2-37-25-15-18(14-24(32)27(25)38-29(35)22-12-5-6-13-23(22)31)16-26-28(34)33(30(36)39-26)17-20-10-7-9-19-8-3-4-11-21(19)20/h3-16H,2,17H2,1H3/b26-16-. The largest absolute Gasteiger partial charge is 0.490 e. The minimum atomic E-state index is -0.689. The molecule has 0 bridgehead atoms. The van der Waals surface area contributed by atoms with Crippen LogP contribution >= 0.6 is 35.0 Å². The van der Waals surface area contributed by atoms with E-state index in [0.29, 0.717) is 5.56 Å². The van der Waals surface area contributed by atoms with Crippen LogP contribution in [0.4, 0.5) is 4.79 Å². The summed E-state index contributed by atoms with van der Waals surface area (Å²) in [6.45, 7) is 2.21.